The fourth-order valence-corrected chi connectivity index (χ4v) is 9.86. The zero-order valence-electron chi connectivity index (χ0n) is 23.7. The van der Waals surface area contributed by atoms with Crippen LogP contribution in [0, 0.1) is 6.92 Å². The van der Waals surface area contributed by atoms with E-state index in [2.05, 4.69) is 40.0 Å². The van der Waals surface area contributed by atoms with Gasteiger partial charge in [-0.15, -0.1) is 0 Å². The van der Waals surface area contributed by atoms with Gasteiger partial charge in [-0.1, -0.05) is 60.7 Å². The normalized spacial score (nSPS) is 30.0. The Balaban J connectivity index is 1.24. The Hall–Kier alpha value is -2.91. The highest BCUT2D eigenvalue weighted by Crippen LogP contribution is 2.65. The number of aryl methyl sites for hydroxylation is 1. The summed E-state index contributed by atoms with van der Waals surface area (Å²) in [7, 11) is -2.03. The van der Waals surface area contributed by atoms with Crippen LogP contribution in [0.15, 0.2) is 66.7 Å². The molecule has 3 aromatic carbocycles. The van der Waals surface area contributed by atoms with Crippen molar-refractivity contribution in [2.75, 3.05) is 20.2 Å². The van der Waals surface area contributed by atoms with Crippen molar-refractivity contribution in [1.29, 1.82) is 0 Å². The molecule has 7 nitrogen and oxygen atoms in total. The Morgan fingerprint density at radius 1 is 1.07 bits per heavy atom. The highest BCUT2D eigenvalue weighted by Gasteiger charge is 2.73. The van der Waals surface area contributed by atoms with E-state index in [0.717, 1.165) is 42.6 Å². The molecule has 2 N–H and O–H groups in total. The van der Waals surface area contributed by atoms with Gasteiger partial charge in [0.2, 0.25) is 10.0 Å². The molecular weight excluding hydrogens is 536 g/mol. The SMILES string of the molecule is COc1ccc2c3c1OC1[C@H](NS(=O)(=O)Cc4ccccc4C)CC[C@@]4(O)[C@@H](C2)N(CCc2ccccc2)CC[C@]314. The molecular formula is C33H38N2O5S. The van der Waals surface area contributed by atoms with Crippen molar-refractivity contribution in [2.45, 2.75) is 74.0 Å². The summed E-state index contributed by atoms with van der Waals surface area (Å²) in [5.74, 6) is 1.23. The lowest BCUT2D eigenvalue weighted by molar-refractivity contribution is -0.189. The monoisotopic (exact) mass is 574 g/mol. The average molecular weight is 575 g/mol. The second-order valence-corrected chi connectivity index (χ2v) is 14.0. The number of aliphatic hydroxyl groups is 1. The lowest BCUT2D eigenvalue weighted by Gasteiger charge is -2.64. The molecule has 216 valence electrons. The summed E-state index contributed by atoms with van der Waals surface area (Å²) in [5, 5.41) is 12.8. The van der Waals surface area contributed by atoms with Crippen molar-refractivity contribution in [1.82, 2.24) is 9.62 Å². The molecule has 3 aromatic rings. The van der Waals surface area contributed by atoms with Crippen LogP contribution >= 0.6 is 0 Å². The van der Waals surface area contributed by atoms with E-state index in [-0.39, 0.29) is 11.8 Å². The van der Waals surface area contributed by atoms with Crippen LogP contribution in [-0.4, -0.2) is 62.4 Å². The molecule has 0 radical (unpaired) electrons. The van der Waals surface area contributed by atoms with Gasteiger partial charge < -0.3 is 14.6 Å². The number of rotatable bonds is 8. The molecule has 1 unspecified atom stereocenters. The summed E-state index contributed by atoms with van der Waals surface area (Å²) in [6, 6.07) is 21.6. The van der Waals surface area contributed by atoms with E-state index in [9.17, 15) is 13.5 Å². The van der Waals surface area contributed by atoms with Gasteiger partial charge in [-0.05, 0) is 73.9 Å². The van der Waals surface area contributed by atoms with Crippen molar-refractivity contribution in [3.8, 4) is 11.5 Å². The average Bonchev–Trinajstić information content (AvgIpc) is 3.31. The third-order valence-corrected chi connectivity index (χ3v) is 11.6. The first kappa shape index (κ1) is 27.0. The van der Waals surface area contributed by atoms with Crippen LogP contribution in [0.25, 0.3) is 0 Å². The molecule has 2 aliphatic heterocycles. The summed E-state index contributed by atoms with van der Waals surface area (Å²) in [6.07, 6.45) is 2.85. The summed E-state index contributed by atoms with van der Waals surface area (Å²) in [4.78, 5) is 2.46. The van der Waals surface area contributed by atoms with Crippen molar-refractivity contribution in [2.24, 2.45) is 0 Å². The number of ether oxygens (including phenoxy) is 2. The number of hydrogen-bond donors (Lipinski definition) is 2. The number of hydrogen-bond acceptors (Lipinski definition) is 6. The van der Waals surface area contributed by atoms with E-state index in [4.69, 9.17) is 9.47 Å². The lowest BCUT2D eigenvalue weighted by atomic mass is 9.48. The van der Waals surface area contributed by atoms with Gasteiger partial charge in [0.1, 0.15) is 6.10 Å². The minimum Gasteiger partial charge on any atom is -0.493 e. The summed E-state index contributed by atoms with van der Waals surface area (Å²) >= 11 is 0. The maximum atomic E-state index is 13.5. The fraction of sp³-hybridized carbons (Fsp3) is 0.455. The fourth-order valence-electron chi connectivity index (χ4n) is 8.34. The Kier molecular flexibility index (Phi) is 6.47. The van der Waals surface area contributed by atoms with E-state index in [1.165, 1.54) is 11.1 Å². The van der Waals surface area contributed by atoms with Crippen LogP contribution in [0.1, 0.15) is 47.1 Å². The van der Waals surface area contributed by atoms with Crippen molar-refractivity contribution < 1.29 is 23.0 Å². The molecule has 0 aromatic heterocycles. The maximum absolute atomic E-state index is 13.5. The Morgan fingerprint density at radius 2 is 1.85 bits per heavy atom. The van der Waals surface area contributed by atoms with Gasteiger partial charge in [-0.2, -0.15) is 0 Å². The molecule has 2 bridgehead atoms. The third kappa shape index (κ3) is 4.14. The minimum atomic E-state index is -3.66. The first-order valence-electron chi connectivity index (χ1n) is 14.7. The molecule has 8 heteroatoms. The first-order chi connectivity index (χ1) is 19.8. The van der Waals surface area contributed by atoms with Crippen LogP contribution in [0.2, 0.25) is 0 Å². The predicted octanol–water partition coefficient (Wildman–Crippen LogP) is 3.89. The van der Waals surface area contributed by atoms with Crippen molar-refractivity contribution in [3.63, 3.8) is 0 Å². The number of methoxy groups -OCH3 is 1. The Bertz CT molecular complexity index is 1580. The van der Waals surface area contributed by atoms with Gasteiger partial charge in [0.15, 0.2) is 11.5 Å². The van der Waals surface area contributed by atoms with Crippen LogP contribution < -0.4 is 14.2 Å². The number of likely N-dealkylation sites (tertiary alicyclic amines) is 1. The smallest absolute Gasteiger partial charge is 0.216 e. The molecule has 7 rings (SSSR count). The number of nitrogens with zero attached hydrogens (tertiary/aromatic N) is 1. The molecule has 1 saturated heterocycles. The topological polar surface area (TPSA) is 88.1 Å². The predicted molar refractivity (Wildman–Crippen MR) is 158 cm³/mol. The third-order valence-electron chi connectivity index (χ3n) is 10.2. The van der Waals surface area contributed by atoms with Gasteiger partial charge in [0.25, 0.3) is 0 Å². The largest absolute Gasteiger partial charge is 0.493 e. The van der Waals surface area contributed by atoms with Crippen LogP contribution in [0.5, 0.6) is 11.5 Å². The summed E-state index contributed by atoms with van der Waals surface area (Å²) in [5.41, 5.74) is 3.50. The highest BCUT2D eigenvalue weighted by molar-refractivity contribution is 7.88. The van der Waals surface area contributed by atoms with Gasteiger partial charge in [0, 0.05) is 18.2 Å². The highest BCUT2D eigenvalue weighted by atomic mass is 32.2. The van der Waals surface area contributed by atoms with Crippen LogP contribution in [0.3, 0.4) is 0 Å². The Morgan fingerprint density at radius 3 is 2.63 bits per heavy atom. The van der Waals surface area contributed by atoms with Crippen molar-refractivity contribution in [3.05, 3.63) is 94.5 Å². The maximum Gasteiger partial charge on any atom is 0.216 e. The van der Waals surface area contributed by atoms with Crippen molar-refractivity contribution >= 4 is 10.0 Å². The standard InChI is InChI=1S/C33H38N2O5S/c1-22-8-6-7-11-25(22)21-41(37,38)34-26-14-16-33(36)28-20-24-12-13-27(39-2)30-29(24)32(33,31(26)40-30)17-19-35(28)18-15-23-9-4-3-5-10-23/h3-13,26,28,31,34,36H,14-21H2,1-2H3/t26-,28-,31?,32+,33-/m1/s1. The van der Waals surface area contributed by atoms with Gasteiger partial charge in [-0.25, -0.2) is 13.1 Å². The first-order valence-corrected chi connectivity index (χ1v) is 16.3. The number of benzene rings is 3. The van der Waals surface area contributed by atoms with Gasteiger partial charge >= 0.3 is 0 Å². The number of nitrogens with one attached hydrogen (secondary N) is 1. The molecule has 5 atom stereocenters. The van der Waals surface area contributed by atoms with Crippen LogP contribution in [0.4, 0.5) is 0 Å². The van der Waals surface area contributed by atoms with E-state index < -0.39 is 33.2 Å². The molecule has 1 saturated carbocycles. The molecule has 2 heterocycles. The Labute approximate surface area is 242 Å². The zero-order valence-corrected chi connectivity index (χ0v) is 24.5. The van der Waals surface area contributed by atoms with E-state index >= 15 is 0 Å². The second kappa shape index (κ2) is 9.83. The minimum absolute atomic E-state index is 0.0672. The van der Waals surface area contributed by atoms with E-state index in [1.807, 2.05) is 43.3 Å². The summed E-state index contributed by atoms with van der Waals surface area (Å²) < 4.78 is 42.5. The summed E-state index contributed by atoms with van der Waals surface area (Å²) in [6.45, 7) is 3.62. The van der Waals surface area contributed by atoms with Crippen LogP contribution in [-0.2, 0) is 34.0 Å². The number of sulfonamides is 1. The quantitative estimate of drug-likeness (QED) is 0.425. The van der Waals surface area contributed by atoms with Gasteiger partial charge in [-0.3, -0.25) is 4.90 Å². The zero-order chi connectivity index (χ0) is 28.4. The number of piperidine rings is 1. The molecule has 2 aliphatic carbocycles. The molecule has 4 aliphatic rings. The molecule has 0 amide bonds. The molecule has 41 heavy (non-hydrogen) atoms. The van der Waals surface area contributed by atoms with Gasteiger partial charge in [0.05, 0.1) is 29.9 Å². The molecule has 2 fully saturated rings. The van der Waals surface area contributed by atoms with E-state index in [1.54, 1.807) is 7.11 Å². The lowest BCUT2D eigenvalue weighted by Crippen LogP contribution is -2.78. The van der Waals surface area contributed by atoms with E-state index in [0.29, 0.717) is 30.8 Å². The second-order valence-electron chi connectivity index (χ2n) is 12.3. The molecule has 1 spiro atoms.